The molecule has 12 nitrogen and oxygen atoms in total. The number of pyridine rings is 1. The predicted molar refractivity (Wildman–Crippen MR) is 184 cm³/mol. The topological polar surface area (TPSA) is 161 Å². The summed E-state index contributed by atoms with van der Waals surface area (Å²) in [5, 5.41) is 17.7. The number of rotatable bonds is 20. The molecule has 0 aliphatic rings. The van der Waals surface area contributed by atoms with E-state index in [-0.39, 0.29) is 47.4 Å². The molecule has 1 aromatic heterocycles. The third-order valence-electron chi connectivity index (χ3n) is 8.42. The predicted octanol–water partition coefficient (Wildman–Crippen LogP) is 2.03. The van der Waals surface area contributed by atoms with Crippen LogP contribution in [0, 0.1) is 24.7 Å². The van der Waals surface area contributed by atoms with Gasteiger partial charge in [0.2, 0.25) is 23.6 Å². The van der Waals surface area contributed by atoms with Crippen molar-refractivity contribution in [3.8, 4) is 0 Å². The van der Waals surface area contributed by atoms with E-state index >= 15 is 0 Å². The van der Waals surface area contributed by atoms with Crippen molar-refractivity contribution >= 4 is 29.5 Å². The van der Waals surface area contributed by atoms with Crippen LogP contribution in [-0.4, -0.2) is 72.8 Å². The van der Waals surface area contributed by atoms with Crippen LogP contribution >= 0.6 is 0 Å². The maximum Gasteiger partial charge on any atom is 0.252 e. The standard InChI is InChI=1S/C35H61N7O5/c1-12-15-28(39-35(47)30(23(8)13-2)41-32(44)26-16-17-42(11)24(9)19-26)33(45)38-27(18-21(4)5)20-37-25(10)31(43)40-29(22(6)7)34(46)36-14-3/h16-17,19,21-23,25,27-30,37H,12-15,18,20H2,1-11H3,(H4-,36,38,39,40,41,43,44,45,46,47)/p+1/t23-,25-,27-,28-,29-,30-/m0/s1. The maximum atomic E-state index is 13.6. The first-order chi connectivity index (χ1) is 22.1. The van der Waals surface area contributed by atoms with E-state index in [0.29, 0.717) is 44.3 Å². The zero-order chi connectivity index (χ0) is 35.8. The van der Waals surface area contributed by atoms with Crippen molar-refractivity contribution in [2.24, 2.45) is 24.8 Å². The highest BCUT2D eigenvalue weighted by Crippen LogP contribution is 2.12. The normalized spacial score (nSPS) is 15.2. The molecule has 0 bridgehead atoms. The number of hydrogen-bond donors (Lipinski definition) is 6. The average molecular weight is 661 g/mol. The summed E-state index contributed by atoms with van der Waals surface area (Å²) < 4.78 is 1.90. The molecular weight excluding hydrogens is 598 g/mol. The van der Waals surface area contributed by atoms with Crippen LogP contribution in [0.1, 0.15) is 104 Å². The van der Waals surface area contributed by atoms with Gasteiger partial charge in [-0.3, -0.25) is 24.0 Å². The quantitative estimate of drug-likeness (QED) is 0.117. The molecule has 6 atom stereocenters. The third kappa shape index (κ3) is 14.0. The van der Waals surface area contributed by atoms with Gasteiger partial charge in [0.1, 0.15) is 25.2 Å². The summed E-state index contributed by atoms with van der Waals surface area (Å²) in [6.45, 7) is 19.9. The molecule has 0 radical (unpaired) electrons. The van der Waals surface area contributed by atoms with Crippen molar-refractivity contribution in [1.29, 1.82) is 0 Å². The van der Waals surface area contributed by atoms with Gasteiger partial charge in [-0.25, -0.2) is 4.57 Å². The number of carbonyl (C=O) groups excluding carboxylic acids is 5. The number of nitrogens with zero attached hydrogens (tertiary/aromatic N) is 1. The van der Waals surface area contributed by atoms with Gasteiger partial charge in [0.05, 0.1) is 11.6 Å². The highest BCUT2D eigenvalue weighted by atomic mass is 16.2. The fourth-order valence-corrected chi connectivity index (χ4v) is 5.14. The Labute approximate surface area is 282 Å². The number of nitrogens with one attached hydrogen (secondary N) is 6. The molecule has 1 rings (SSSR count). The average Bonchev–Trinajstić information content (AvgIpc) is 3.00. The molecule has 47 heavy (non-hydrogen) atoms. The van der Waals surface area contributed by atoms with Crippen LogP contribution in [-0.2, 0) is 26.2 Å². The molecular formula is C35H62N7O5+. The lowest BCUT2D eigenvalue weighted by Crippen LogP contribution is -2.58. The van der Waals surface area contributed by atoms with Crippen molar-refractivity contribution in [1.82, 2.24) is 31.9 Å². The number of likely N-dealkylation sites (N-methyl/N-ethyl adjacent to an activating group) is 1. The Bertz CT molecular complexity index is 1190. The monoisotopic (exact) mass is 660 g/mol. The number of aromatic nitrogens is 1. The Kier molecular flexibility index (Phi) is 18.2. The van der Waals surface area contributed by atoms with E-state index in [4.69, 9.17) is 0 Å². The molecule has 266 valence electrons. The van der Waals surface area contributed by atoms with Gasteiger partial charge in [-0.05, 0) is 44.4 Å². The lowest BCUT2D eigenvalue weighted by Gasteiger charge is -2.29. The van der Waals surface area contributed by atoms with E-state index in [1.54, 1.807) is 25.3 Å². The molecule has 0 aliphatic carbocycles. The smallest absolute Gasteiger partial charge is 0.252 e. The van der Waals surface area contributed by atoms with E-state index in [2.05, 4.69) is 31.9 Å². The summed E-state index contributed by atoms with van der Waals surface area (Å²) in [6, 6.07) is 0.280. The summed E-state index contributed by atoms with van der Waals surface area (Å²) in [5.41, 5.74) is 1.36. The maximum absolute atomic E-state index is 13.6. The molecule has 12 heteroatoms. The molecule has 5 amide bonds. The first-order valence-electron chi connectivity index (χ1n) is 17.2. The zero-order valence-corrected chi connectivity index (χ0v) is 30.6. The van der Waals surface area contributed by atoms with E-state index in [9.17, 15) is 24.0 Å². The van der Waals surface area contributed by atoms with Gasteiger partial charge < -0.3 is 31.9 Å². The summed E-state index contributed by atoms with van der Waals surface area (Å²) >= 11 is 0. The van der Waals surface area contributed by atoms with Crippen LogP contribution in [0.25, 0.3) is 0 Å². The van der Waals surface area contributed by atoms with Gasteiger partial charge in [-0.2, -0.15) is 0 Å². The molecule has 0 aromatic carbocycles. The van der Waals surface area contributed by atoms with Crippen LogP contribution < -0.4 is 36.5 Å². The van der Waals surface area contributed by atoms with E-state index in [1.807, 2.05) is 73.9 Å². The molecule has 1 heterocycles. The van der Waals surface area contributed by atoms with E-state index in [1.165, 1.54) is 0 Å². The number of amides is 5. The van der Waals surface area contributed by atoms with Gasteiger partial charge in [0.25, 0.3) is 5.91 Å². The van der Waals surface area contributed by atoms with Gasteiger partial charge in [0, 0.05) is 38.2 Å². The SMILES string of the molecule is CCC[C@H](NC(=O)[C@@H](NC(=O)c1cc[n+](C)c(C)c1)[C@@H](C)CC)C(=O)N[C@H](CN[C@@H](C)C(=O)N[C@H](C(=O)NCC)C(C)C)CC(C)C. The second-order valence-corrected chi connectivity index (χ2v) is 13.4. The Morgan fingerprint density at radius 2 is 1.47 bits per heavy atom. The van der Waals surface area contributed by atoms with E-state index < -0.39 is 30.1 Å². The second kappa shape index (κ2) is 20.6. The first-order valence-corrected chi connectivity index (χ1v) is 17.2. The molecule has 0 fully saturated rings. The number of carbonyl (C=O) groups is 5. The van der Waals surface area contributed by atoms with Crippen LogP contribution in [0.3, 0.4) is 0 Å². The van der Waals surface area contributed by atoms with Gasteiger partial charge in [-0.15, -0.1) is 0 Å². The number of aryl methyl sites for hydroxylation is 2. The Balaban J connectivity index is 3.00. The van der Waals surface area contributed by atoms with Crippen molar-refractivity contribution < 1.29 is 28.5 Å². The first kappa shape index (κ1) is 41.5. The second-order valence-electron chi connectivity index (χ2n) is 13.4. The fourth-order valence-electron chi connectivity index (χ4n) is 5.14. The molecule has 0 saturated heterocycles. The van der Waals surface area contributed by atoms with Crippen LogP contribution in [0.15, 0.2) is 18.3 Å². The fraction of sp³-hybridized carbons (Fsp3) is 0.714. The number of hydrogen-bond acceptors (Lipinski definition) is 6. The minimum Gasteiger partial charge on any atom is -0.355 e. The van der Waals surface area contributed by atoms with Crippen molar-refractivity contribution in [2.75, 3.05) is 13.1 Å². The lowest BCUT2D eigenvalue weighted by molar-refractivity contribution is -0.677. The molecule has 1 aromatic rings. The zero-order valence-electron chi connectivity index (χ0n) is 30.6. The van der Waals surface area contributed by atoms with Crippen LogP contribution in [0.2, 0.25) is 0 Å². The Morgan fingerprint density at radius 1 is 0.809 bits per heavy atom. The highest BCUT2D eigenvalue weighted by Gasteiger charge is 2.31. The highest BCUT2D eigenvalue weighted by molar-refractivity contribution is 5.98. The van der Waals surface area contributed by atoms with Gasteiger partial charge in [-0.1, -0.05) is 61.3 Å². The Morgan fingerprint density at radius 3 is 2.00 bits per heavy atom. The molecule has 0 aliphatic heterocycles. The largest absolute Gasteiger partial charge is 0.355 e. The molecule has 0 spiro atoms. The van der Waals surface area contributed by atoms with E-state index in [0.717, 1.165) is 5.69 Å². The molecule has 0 unspecified atom stereocenters. The lowest BCUT2D eigenvalue weighted by atomic mass is 9.97. The summed E-state index contributed by atoms with van der Waals surface area (Å²) in [5.74, 6) is -1.61. The summed E-state index contributed by atoms with van der Waals surface area (Å²) in [4.78, 5) is 65.7. The summed E-state index contributed by atoms with van der Waals surface area (Å²) in [6.07, 6.45) is 4.18. The van der Waals surface area contributed by atoms with Gasteiger partial charge >= 0.3 is 0 Å². The van der Waals surface area contributed by atoms with Gasteiger partial charge in [0.15, 0.2) is 11.9 Å². The summed E-state index contributed by atoms with van der Waals surface area (Å²) in [7, 11) is 1.89. The van der Waals surface area contributed by atoms with Crippen molar-refractivity contribution in [2.45, 2.75) is 125 Å². The van der Waals surface area contributed by atoms with Crippen molar-refractivity contribution in [3.05, 3.63) is 29.6 Å². The molecule has 0 saturated carbocycles. The van der Waals surface area contributed by atoms with Crippen LogP contribution in [0.4, 0.5) is 0 Å². The van der Waals surface area contributed by atoms with Crippen LogP contribution in [0.5, 0.6) is 0 Å². The Hall–Kier alpha value is -3.54. The minimum absolute atomic E-state index is 0.0875. The minimum atomic E-state index is -0.824. The third-order valence-corrected chi connectivity index (χ3v) is 8.42. The molecule has 6 N–H and O–H groups in total. The van der Waals surface area contributed by atoms with Crippen molar-refractivity contribution in [3.63, 3.8) is 0 Å².